The van der Waals surface area contributed by atoms with Gasteiger partial charge in [0.2, 0.25) is 0 Å². The molecular weight excluding hydrogens is 354 g/mol. The Morgan fingerprint density at radius 2 is 1.78 bits per heavy atom. The van der Waals surface area contributed by atoms with Crippen molar-refractivity contribution in [2.45, 2.75) is 71.9 Å². The van der Waals surface area contributed by atoms with Crippen LogP contribution in [0.15, 0.2) is 17.0 Å². The lowest BCUT2D eigenvalue weighted by Gasteiger charge is -2.15. The van der Waals surface area contributed by atoms with E-state index >= 15 is 0 Å². The number of ether oxygens (including phenoxy) is 1. The van der Waals surface area contributed by atoms with E-state index < -0.39 is 0 Å². The number of carbonyl (C=O) groups is 1. The van der Waals surface area contributed by atoms with Gasteiger partial charge in [0.1, 0.15) is 0 Å². The first-order valence-electron chi connectivity index (χ1n) is 9.81. The lowest BCUT2D eigenvalue weighted by Crippen LogP contribution is -2.17. The van der Waals surface area contributed by atoms with Crippen LogP contribution in [0.4, 0.5) is 0 Å². The van der Waals surface area contributed by atoms with Crippen LogP contribution in [0.1, 0.15) is 56.8 Å². The highest BCUT2D eigenvalue weighted by Gasteiger charge is 2.21. The predicted molar refractivity (Wildman–Crippen MR) is 113 cm³/mol. The third-order valence-electron chi connectivity index (χ3n) is 5.93. The van der Waals surface area contributed by atoms with Gasteiger partial charge < -0.3 is 9.30 Å². The van der Waals surface area contributed by atoms with Crippen molar-refractivity contribution in [3.63, 3.8) is 0 Å². The summed E-state index contributed by atoms with van der Waals surface area (Å²) in [7, 11) is 0. The Morgan fingerprint density at radius 1 is 1.11 bits per heavy atom. The second-order valence-electron chi connectivity index (χ2n) is 7.83. The van der Waals surface area contributed by atoms with E-state index in [4.69, 9.17) is 4.74 Å². The molecule has 1 aromatic carbocycles. The molecule has 146 valence electrons. The third-order valence-corrected chi connectivity index (χ3v) is 7.24. The van der Waals surface area contributed by atoms with E-state index in [2.05, 4.69) is 52.2 Å². The summed E-state index contributed by atoms with van der Waals surface area (Å²) in [5, 5.41) is 0. The molecule has 0 aliphatic carbocycles. The number of thioether (sulfide) groups is 1. The first-order chi connectivity index (χ1) is 12.8. The van der Waals surface area contributed by atoms with Gasteiger partial charge in [-0.2, -0.15) is 0 Å². The minimum absolute atomic E-state index is 0.213. The van der Waals surface area contributed by atoms with Crippen molar-refractivity contribution < 1.29 is 9.53 Å². The molecule has 0 saturated carbocycles. The van der Waals surface area contributed by atoms with Crippen molar-refractivity contribution >= 4 is 17.5 Å². The second kappa shape index (κ2) is 8.24. The van der Waals surface area contributed by atoms with E-state index in [0.717, 1.165) is 42.9 Å². The molecule has 0 N–H and O–H groups in total. The number of hydrogen-bond donors (Lipinski definition) is 0. The summed E-state index contributed by atoms with van der Waals surface area (Å²) in [6, 6.07) is 4.28. The summed E-state index contributed by atoms with van der Waals surface area (Å²) in [5.74, 6) is 0.694. The van der Waals surface area contributed by atoms with Crippen LogP contribution in [0.3, 0.4) is 0 Å². The Morgan fingerprint density at radius 3 is 2.37 bits per heavy atom. The van der Waals surface area contributed by atoms with E-state index in [1.54, 1.807) is 11.8 Å². The van der Waals surface area contributed by atoms with Gasteiger partial charge in [0.05, 0.1) is 11.9 Å². The maximum atomic E-state index is 13.0. The molecule has 1 aromatic heterocycles. The number of rotatable bonds is 6. The number of nitrogens with zero attached hydrogens (tertiary/aromatic N) is 1. The number of aromatic nitrogens is 1. The smallest absolute Gasteiger partial charge is 0.174 e. The Labute approximate surface area is 167 Å². The zero-order valence-corrected chi connectivity index (χ0v) is 18.3. The summed E-state index contributed by atoms with van der Waals surface area (Å²) in [4.78, 5) is 14.2. The van der Waals surface area contributed by atoms with Crippen LogP contribution in [0.2, 0.25) is 0 Å². The van der Waals surface area contributed by atoms with E-state index in [9.17, 15) is 4.79 Å². The molecule has 4 heteroatoms. The Bertz CT molecular complexity index is 834. The van der Waals surface area contributed by atoms with Crippen LogP contribution in [-0.2, 0) is 11.3 Å². The zero-order valence-electron chi connectivity index (χ0n) is 17.4. The monoisotopic (exact) mass is 385 g/mol. The molecule has 0 bridgehead atoms. The largest absolute Gasteiger partial charge is 0.376 e. The molecule has 1 fully saturated rings. The van der Waals surface area contributed by atoms with Crippen molar-refractivity contribution in [1.82, 2.24) is 4.57 Å². The number of hydrogen-bond acceptors (Lipinski definition) is 3. The topological polar surface area (TPSA) is 31.2 Å². The van der Waals surface area contributed by atoms with Gasteiger partial charge in [0.25, 0.3) is 0 Å². The van der Waals surface area contributed by atoms with Crippen LogP contribution in [0.25, 0.3) is 0 Å². The van der Waals surface area contributed by atoms with Gasteiger partial charge in [-0.1, -0.05) is 6.07 Å². The fourth-order valence-corrected chi connectivity index (χ4v) is 5.15. The summed E-state index contributed by atoms with van der Waals surface area (Å²) >= 11 is 1.68. The predicted octanol–water partition coefficient (Wildman–Crippen LogP) is 5.49. The van der Waals surface area contributed by atoms with Crippen LogP contribution >= 0.6 is 11.8 Å². The molecule has 1 aliphatic heterocycles. The number of benzene rings is 1. The van der Waals surface area contributed by atoms with Gasteiger partial charge in [0.15, 0.2) is 5.78 Å². The standard InChI is InChI=1S/C23H31NO2S/c1-14-10-15(2)18(5)23(17(14)4)27-13-22(25)21-11-16(3)24(19(21)6)12-20-8-7-9-26-20/h10-11,20H,7-9,12-13H2,1-6H3/t20-/m1/s1. The number of carbonyl (C=O) groups excluding carboxylic acids is 1. The molecule has 27 heavy (non-hydrogen) atoms. The van der Waals surface area contributed by atoms with Crippen LogP contribution < -0.4 is 0 Å². The van der Waals surface area contributed by atoms with E-state index in [0.29, 0.717) is 5.75 Å². The van der Waals surface area contributed by atoms with Gasteiger partial charge in [-0.15, -0.1) is 11.8 Å². The van der Waals surface area contributed by atoms with Gasteiger partial charge in [-0.3, -0.25) is 4.79 Å². The highest BCUT2D eigenvalue weighted by Crippen LogP contribution is 2.32. The quantitative estimate of drug-likeness (QED) is 0.486. The minimum Gasteiger partial charge on any atom is -0.376 e. The maximum Gasteiger partial charge on any atom is 0.174 e. The summed E-state index contributed by atoms with van der Waals surface area (Å²) in [5.41, 5.74) is 8.25. The Kier molecular flexibility index (Phi) is 6.17. The summed E-state index contributed by atoms with van der Waals surface area (Å²) in [6.07, 6.45) is 2.54. The maximum absolute atomic E-state index is 13.0. The highest BCUT2D eigenvalue weighted by molar-refractivity contribution is 8.00. The number of ketones is 1. The van der Waals surface area contributed by atoms with Gasteiger partial charge in [0, 0.05) is 35.0 Å². The fraction of sp³-hybridized carbons (Fsp3) is 0.522. The van der Waals surface area contributed by atoms with Crippen molar-refractivity contribution in [3.05, 3.63) is 51.3 Å². The SMILES string of the molecule is Cc1cc(C)c(C)c(SCC(=O)c2cc(C)n(C[C@H]3CCCO3)c2C)c1C. The van der Waals surface area contributed by atoms with Crippen molar-refractivity contribution in [1.29, 1.82) is 0 Å². The van der Waals surface area contributed by atoms with Gasteiger partial charge in [-0.05, 0) is 82.7 Å². The molecule has 0 amide bonds. The fourth-order valence-electron chi connectivity index (χ4n) is 3.97. The van der Waals surface area contributed by atoms with Crippen LogP contribution in [0.5, 0.6) is 0 Å². The van der Waals surface area contributed by atoms with Crippen molar-refractivity contribution in [2.24, 2.45) is 0 Å². The minimum atomic E-state index is 0.213. The van der Waals surface area contributed by atoms with E-state index in [1.165, 1.54) is 27.1 Å². The number of Topliss-reactive ketones (excluding diaryl/α,β-unsaturated/α-hetero) is 1. The van der Waals surface area contributed by atoms with E-state index in [1.807, 2.05) is 6.07 Å². The summed E-state index contributed by atoms with van der Waals surface area (Å²) in [6.45, 7) is 14.5. The van der Waals surface area contributed by atoms with Crippen LogP contribution in [-0.4, -0.2) is 28.8 Å². The van der Waals surface area contributed by atoms with Crippen LogP contribution in [0, 0.1) is 41.5 Å². The molecule has 3 nitrogen and oxygen atoms in total. The normalized spacial score (nSPS) is 16.9. The molecule has 2 heterocycles. The highest BCUT2D eigenvalue weighted by atomic mass is 32.2. The van der Waals surface area contributed by atoms with Crippen molar-refractivity contribution in [3.8, 4) is 0 Å². The molecule has 2 aromatic rings. The lowest BCUT2D eigenvalue weighted by atomic mass is 10.0. The molecule has 0 unspecified atom stereocenters. The molecule has 0 spiro atoms. The second-order valence-corrected chi connectivity index (χ2v) is 8.82. The van der Waals surface area contributed by atoms with Gasteiger partial charge in [-0.25, -0.2) is 0 Å². The molecule has 0 radical (unpaired) electrons. The molecule has 1 atom stereocenters. The zero-order chi connectivity index (χ0) is 19.7. The Hall–Kier alpha value is -1.52. The lowest BCUT2D eigenvalue weighted by molar-refractivity contribution is 0.0957. The average molecular weight is 386 g/mol. The molecule has 1 saturated heterocycles. The van der Waals surface area contributed by atoms with E-state index in [-0.39, 0.29) is 11.9 Å². The molecule has 1 aliphatic rings. The first kappa shape index (κ1) is 20.2. The number of aryl methyl sites for hydroxylation is 3. The summed E-state index contributed by atoms with van der Waals surface area (Å²) < 4.78 is 8.03. The Balaban J connectivity index is 1.76. The first-order valence-corrected chi connectivity index (χ1v) is 10.8. The molecule has 3 rings (SSSR count). The average Bonchev–Trinajstić information content (AvgIpc) is 3.23. The molecular formula is C23H31NO2S. The third kappa shape index (κ3) is 4.17. The van der Waals surface area contributed by atoms with Gasteiger partial charge >= 0.3 is 0 Å². The van der Waals surface area contributed by atoms with Crippen molar-refractivity contribution in [2.75, 3.05) is 12.4 Å².